The fraction of sp³-hybridized carbons (Fsp3) is 0.280. The third-order valence-electron chi connectivity index (χ3n) is 5.79. The Bertz CT molecular complexity index is 1280. The van der Waals surface area contributed by atoms with Gasteiger partial charge < -0.3 is 14.7 Å². The summed E-state index contributed by atoms with van der Waals surface area (Å²) in [5.41, 5.74) is 3.29. The van der Waals surface area contributed by atoms with E-state index in [0.717, 1.165) is 41.0 Å². The minimum atomic E-state index is -0.196. The highest BCUT2D eigenvalue weighted by atomic mass is 32.2. The van der Waals surface area contributed by atoms with Gasteiger partial charge in [-0.1, -0.05) is 16.9 Å². The van der Waals surface area contributed by atoms with Crippen molar-refractivity contribution in [3.63, 3.8) is 0 Å². The number of aryl methyl sites for hydroxylation is 1. The number of pyridine rings is 2. The van der Waals surface area contributed by atoms with Crippen molar-refractivity contribution in [1.82, 2.24) is 15.1 Å². The zero-order valence-electron chi connectivity index (χ0n) is 18.5. The van der Waals surface area contributed by atoms with Gasteiger partial charge in [0.2, 0.25) is 0 Å². The molecule has 0 atom stereocenters. The van der Waals surface area contributed by atoms with Gasteiger partial charge in [-0.3, -0.25) is 9.78 Å². The first-order chi connectivity index (χ1) is 16.2. The standard InChI is InChI=1S/C25H25N5O2S/c1-17-14-18(29-32-17)16-33-25-20(6-5-10-27-25)24(31)28-22-7-8-23(30-12-3-2-4-13-30)19-9-11-26-15-21(19)22/h5-11,14-15H,2-4,12-13,16H2,1H3,(H,28,31). The number of nitrogens with one attached hydrogen (secondary N) is 1. The van der Waals surface area contributed by atoms with Crippen molar-refractivity contribution in [3.05, 3.63) is 72.0 Å². The lowest BCUT2D eigenvalue weighted by atomic mass is 10.0. The fourth-order valence-corrected chi connectivity index (χ4v) is 5.06. The second-order valence-electron chi connectivity index (χ2n) is 8.13. The van der Waals surface area contributed by atoms with Crippen molar-refractivity contribution < 1.29 is 9.32 Å². The highest BCUT2D eigenvalue weighted by molar-refractivity contribution is 7.98. The lowest BCUT2D eigenvalue weighted by Gasteiger charge is -2.30. The van der Waals surface area contributed by atoms with Gasteiger partial charge in [-0.15, -0.1) is 0 Å². The topological polar surface area (TPSA) is 84.2 Å². The van der Waals surface area contributed by atoms with Crippen molar-refractivity contribution >= 4 is 39.8 Å². The van der Waals surface area contributed by atoms with Crippen LogP contribution in [-0.2, 0) is 5.75 Å². The predicted molar refractivity (Wildman–Crippen MR) is 131 cm³/mol. The minimum absolute atomic E-state index is 0.196. The summed E-state index contributed by atoms with van der Waals surface area (Å²) in [5, 5.41) is 9.80. The number of benzene rings is 1. The van der Waals surface area contributed by atoms with Crippen LogP contribution in [0, 0.1) is 6.92 Å². The molecular formula is C25H25N5O2S. The summed E-state index contributed by atoms with van der Waals surface area (Å²) in [6, 6.07) is 11.6. The van der Waals surface area contributed by atoms with Gasteiger partial charge in [0.15, 0.2) is 0 Å². The largest absolute Gasteiger partial charge is 0.371 e. The third kappa shape index (κ3) is 4.71. The summed E-state index contributed by atoms with van der Waals surface area (Å²) in [4.78, 5) is 24.4. The average molecular weight is 460 g/mol. The molecule has 0 spiro atoms. The van der Waals surface area contributed by atoms with Crippen LogP contribution in [0.15, 0.2) is 64.5 Å². The molecule has 0 bridgehead atoms. The summed E-state index contributed by atoms with van der Waals surface area (Å²) in [7, 11) is 0. The molecule has 0 radical (unpaired) electrons. The fourth-order valence-electron chi connectivity index (χ4n) is 4.19. The van der Waals surface area contributed by atoms with E-state index in [-0.39, 0.29) is 5.91 Å². The van der Waals surface area contributed by atoms with E-state index in [1.165, 1.54) is 36.7 Å². The lowest BCUT2D eigenvalue weighted by Crippen LogP contribution is -2.29. The number of rotatable bonds is 6. The zero-order chi connectivity index (χ0) is 22.6. The average Bonchev–Trinajstić information content (AvgIpc) is 3.28. The van der Waals surface area contributed by atoms with Crippen molar-refractivity contribution in [1.29, 1.82) is 0 Å². The van der Waals surface area contributed by atoms with Gasteiger partial charge in [-0.2, -0.15) is 0 Å². The number of amides is 1. The summed E-state index contributed by atoms with van der Waals surface area (Å²) >= 11 is 1.46. The van der Waals surface area contributed by atoms with Gasteiger partial charge in [0.05, 0.1) is 16.9 Å². The Morgan fingerprint density at radius 2 is 2.00 bits per heavy atom. The number of hydrogen-bond acceptors (Lipinski definition) is 7. The number of carbonyl (C=O) groups is 1. The molecule has 0 saturated carbocycles. The maximum absolute atomic E-state index is 13.3. The van der Waals surface area contributed by atoms with Crippen LogP contribution in [0.4, 0.5) is 11.4 Å². The quantitative estimate of drug-likeness (QED) is 0.383. The number of thioether (sulfide) groups is 1. The van der Waals surface area contributed by atoms with Gasteiger partial charge >= 0.3 is 0 Å². The van der Waals surface area contributed by atoms with Crippen LogP contribution in [0.25, 0.3) is 10.8 Å². The van der Waals surface area contributed by atoms with E-state index in [1.54, 1.807) is 18.3 Å². The van der Waals surface area contributed by atoms with Crippen molar-refractivity contribution in [2.45, 2.75) is 37.0 Å². The smallest absolute Gasteiger partial charge is 0.258 e. The Morgan fingerprint density at radius 1 is 1.12 bits per heavy atom. The van der Waals surface area contributed by atoms with E-state index in [1.807, 2.05) is 37.5 Å². The highest BCUT2D eigenvalue weighted by Crippen LogP contribution is 2.34. The third-order valence-corrected chi connectivity index (χ3v) is 6.83. The molecule has 4 aromatic rings. The Hall–Kier alpha value is -3.39. The molecule has 4 heterocycles. The number of anilines is 2. The van der Waals surface area contributed by atoms with Gasteiger partial charge in [0.25, 0.3) is 5.91 Å². The van der Waals surface area contributed by atoms with Crippen LogP contribution >= 0.6 is 11.8 Å². The number of aromatic nitrogens is 3. The second kappa shape index (κ2) is 9.62. The molecule has 1 aliphatic heterocycles. The zero-order valence-corrected chi connectivity index (χ0v) is 19.3. The van der Waals surface area contributed by atoms with Crippen LogP contribution < -0.4 is 10.2 Å². The molecule has 0 unspecified atom stereocenters. The number of hydrogen-bond donors (Lipinski definition) is 1. The van der Waals surface area contributed by atoms with Gasteiger partial charge in [-0.25, -0.2) is 4.98 Å². The summed E-state index contributed by atoms with van der Waals surface area (Å²) < 4.78 is 5.13. The Morgan fingerprint density at radius 3 is 2.82 bits per heavy atom. The highest BCUT2D eigenvalue weighted by Gasteiger charge is 2.18. The molecule has 5 rings (SSSR count). The van der Waals surface area contributed by atoms with Crippen LogP contribution in [0.1, 0.15) is 41.1 Å². The Labute approximate surface area is 196 Å². The monoisotopic (exact) mass is 459 g/mol. The predicted octanol–water partition coefficient (Wildman–Crippen LogP) is 5.46. The van der Waals surface area contributed by atoms with E-state index in [2.05, 4.69) is 31.4 Å². The van der Waals surface area contributed by atoms with Crippen LogP contribution in [0.2, 0.25) is 0 Å². The van der Waals surface area contributed by atoms with Gasteiger partial charge in [0, 0.05) is 60.0 Å². The maximum Gasteiger partial charge on any atom is 0.258 e. The lowest BCUT2D eigenvalue weighted by molar-refractivity contribution is 0.102. The maximum atomic E-state index is 13.3. The van der Waals surface area contributed by atoms with Crippen molar-refractivity contribution in [3.8, 4) is 0 Å². The Kier molecular flexibility index (Phi) is 6.26. The molecule has 168 valence electrons. The number of carbonyl (C=O) groups excluding carboxylic acids is 1. The molecule has 1 N–H and O–H groups in total. The molecular weight excluding hydrogens is 434 g/mol. The first kappa shape index (κ1) is 21.5. The SMILES string of the molecule is Cc1cc(CSc2ncccc2C(=O)Nc2ccc(N3CCCCC3)c3ccncc23)no1. The second-order valence-corrected chi connectivity index (χ2v) is 9.09. The number of fused-ring (bicyclic) bond motifs is 1. The Balaban J connectivity index is 1.40. The molecule has 3 aromatic heterocycles. The number of nitrogens with zero attached hydrogens (tertiary/aromatic N) is 4. The van der Waals surface area contributed by atoms with Crippen LogP contribution in [0.5, 0.6) is 0 Å². The first-order valence-corrected chi connectivity index (χ1v) is 12.1. The van der Waals surface area contributed by atoms with E-state index < -0.39 is 0 Å². The van der Waals surface area contributed by atoms with Crippen molar-refractivity contribution in [2.75, 3.05) is 23.3 Å². The molecule has 1 aliphatic rings. The summed E-state index contributed by atoms with van der Waals surface area (Å²) in [6.45, 7) is 3.98. The molecule has 33 heavy (non-hydrogen) atoms. The first-order valence-electron chi connectivity index (χ1n) is 11.1. The number of piperidine rings is 1. The molecule has 0 aliphatic carbocycles. The van der Waals surface area contributed by atoms with E-state index in [9.17, 15) is 4.79 Å². The molecule has 1 aromatic carbocycles. The van der Waals surface area contributed by atoms with Gasteiger partial charge in [-0.05, 0) is 56.5 Å². The van der Waals surface area contributed by atoms with Crippen LogP contribution in [-0.4, -0.2) is 34.1 Å². The summed E-state index contributed by atoms with van der Waals surface area (Å²) in [5.74, 6) is 1.14. The normalized spacial score (nSPS) is 13.9. The van der Waals surface area contributed by atoms with E-state index in [4.69, 9.17) is 4.52 Å². The molecule has 1 fully saturated rings. The van der Waals surface area contributed by atoms with E-state index >= 15 is 0 Å². The molecule has 8 heteroatoms. The molecule has 1 saturated heterocycles. The summed E-state index contributed by atoms with van der Waals surface area (Å²) in [6.07, 6.45) is 9.03. The molecule has 7 nitrogen and oxygen atoms in total. The minimum Gasteiger partial charge on any atom is -0.371 e. The van der Waals surface area contributed by atoms with Crippen LogP contribution in [0.3, 0.4) is 0 Å². The van der Waals surface area contributed by atoms with Gasteiger partial charge in [0.1, 0.15) is 10.8 Å². The molecule has 1 amide bonds. The van der Waals surface area contributed by atoms with E-state index in [0.29, 0.717) is 16.3 Å². The van der Waals surface area contributed by atoms with Crippen molar-refractivity contribution in [2.24, 2.45) is 0 Å².